The summed E-state index contributed by atoms with van der Waals surface area (Å²) in [5, 5.41) is 3.44. The van der Waals surface area contributed by atoms with Crippen molar-refractivity contribution in [1.82, 2.24) is 15.2 Å². The Hall–Kier alpha value is -1.69. The summed E-state index contributed by atoms with van der Waals surface area (Å²) in [6, 6.07) is 3.95. The van der Waals surface area contributed by atoms with Gasteiger partial charge in [0.15, 0.2) is 11.1 Å². The number of nitrogens with zero attached hydrogens (tertiary/aromatic N) is 3. The highest BCUT2D eigenvalue weighted by molar-refractivity contribution is 7.80. The number of hydrogen-bond donors (Lipinski definition) is 2. The Bertz CT molecular complexity index is 388. The summed E-state index contributed by atoms with van der Waals surface area (Å²) < 4.78 is 0. The molecular formula is C11H17N5S. The third-order valence-electron chi connectivity index (χ3n) is 2.11. The minimum atomic E-state index is 0.395. The highest BCUT2D eigenvalue weighted by atomic mass is 32.1. The van der Waals surface area contributed by atoms with Gasteiger partial charge in [0.1, 0.15) is 0 Å². The van der Waals surface area contributed by atoms with Gasteiger partial charge in [0.25, 0.3) is 0 Å². The van der Waals surface area contributed by atoms with Crippen LogP contribution in [0.4, 0.5) is 0 Å². The van der Waals surface area contributed by atoms with E-state index in [0.29, 0.717) is 11.1 Å². The lowest BCUT2D eigenvalue weighted by Gasteiger charge is -2.11. The Labute approximate surface area is 107 Å². The quantitative estimate of drug-likeness (QED) is 0.462. The van der Waals surface area contributed by atoms with E-state index in [9.17, 15) is 0 Å². The van der Waals surface area contributed by atoms with Gasteiger partial charge in [-0.2, -0.15) is 4.99 Å². The number of guanidine groups is 1. The van der Waals surface area contributed by atoms with Crippen LogP contribution < -0.4 is 11.1 Å². The van der Waals surface area contributed by atoms with Gasteiger partial charge in [0.2, 0.25) is 0 Å². The van der Waals surface area contributed by atoms with Crippen molar-refractivity contribution < 1.29 is 0 Å². The van der Waals surface area contributed by atoms with Gasteiger partial charge in [-0.3, -0.25) is 4.98 Å². The lowest BCUT2D eigenvalue weighted by Crippen LogP contribution is -2.33. The Morgan fingerprint density at radius 3 is 2.71 bits per heavy atom. The molecule has 0 saturated heterocycles. The van der Waals surface area contributed by atoms with Crippen LogP contribution in [-0.2, 0) is 6.42 Å². The number of aliphatic imine (C=N–C) groups is 1. The van der Waals surface area contributed by atoms with Crippen molar-refractivity contribution in [3.05, 3.63) is 30.1 Å². The third kappa shape index (κ3) is 5.26. The molecule has 0 aliphatic rings. The zero-order valence-corrected chi connectivity index (χ0v) is 10.9. The smallest absolute Gasteiger partial charge is 0.198 e. The molecule has 3 N–H and O–H groups in total. The lowest BCUT2D eigenvalue weighted by atomic mass is 10.2. The first-order chi connectivity index (χ1) is 8.09. The van der Waals surface area contributed by atoms with E-state index in [1.165, 1.54) is 5.56 Å². The van der Waals surface area contributed by atoms with Crippen LogP contribution in [0.15, 0.2) is 29.5 Å². The molecule has 0 saturated carbocycles. The number of nitrogens with one attached hydrogen (secondary N) is 1. The standard InChI is InChI=1S/C11H17N5S/c1-16(2)10(12)15-11(17)14-8-5-9-3-6-13-7-4-9/h3-4,6-7H,5,8H2,1-2H3,(H3,12,14,15,17). The van der Waals surface area contributed by atoms with E-state index < -0.39 is 0 Å². The molecular weight excluding hydrogens is 234 g/mol. The normalized spacial score (nSPS) is 11.1. The number of hydrogen-bond acceptors (Lipinski definition) is 2. The van der Waals surface area contributed by atoms with E-state index in [2.05, 4.69) is 15.3 Å². The maximum atomic E-state index is 5.64. The van der Waals surface area contributed by atoms with Crippen molar-refractivity contribution in [2.45, 2.75) is 6.42 Å². The van der Waals surface area contributed by atoms with Gasteiger partial charge in [-0.1, -0.05) is 0 Å². The van der Waals surface area contributed by atoms with Crippen LogP contribution in [0.25, 0.3) is 0 Å². The average Bonchev–Trinajstić information content (AvgIpc) is 2.30. The highest BCUT2D eigenvalue weighted by Crippen LogP contribution is 1.96. The van der Waals surface area contributed by atoms with E-state index >= 15 is 0 Å². The van der Waals surface area contributed by atoms with Crippen LogP contribution in [0.1, 0.15) is 5.56 Å². The molecule has 1 aromatic rings. The summed E-state index contributed by atoms with van der Waals surface area (Å²) in [5.41, 5.74) is 6.85. The maximum Gasteiger partial charge on any atom is 0.198 e. The molecule has 5 nitrogen and oxygen atoms in total. The van der Waals surface area contributed by atoms with Crippen LogP contribution in [0.3, 0.4) is 0 Å². The van der Waals surface area contributed by atoms with Crippen LogP contribution >= 0.6 is 12.2 Å². The molecule has 1 rings (SSSR count). The fourth-order valence-corrected chi connectivity index (χ4v) is 1.30. The van der Waals surface area contributed by atoms with Crippen molar-refractivity contribution in [3.63, 3.8) is 0 Å². The Balaban J connectivity index is 2.32. The minimum absolute atomic E-state index is 0.395. The molecule has 92 valence electrons. The Morgan fingerprint density at radius 2 is 2.12 bits per heavy atom. The molecule has 0 aliphatic carbocycles. The molecule has 0 aliphatic heterocycles. The number of aromatic nitrogens is 1. The summed E-state index contributed by atoms with van der Waals surface area (Å²) >= 11 is 5.05. The van der Waals surface area contributed by atoms with E-state index in [0.717, 1.165) is 13.0 Å². The monoisotopic (exact) mass is 251 g/mol. The van der Waals surface area contributed by atoms with Crippen molar-refractivity contribution >= 4 is 23.3 Å². The highest BCUT2D eigenvalue weighted by Gasteiger charge is 1.98. The van der Waals surface area contributed by atoms with Gasteiger partial charge in [-0.15, -0.1) is 0 Å². The summed E-state index contributed by atoms with van der Waals surface area (Å²) in [6.45, 7) is 0.729. The van der Waals surface area contributed by atoms with E-state index in [1.807, 2.05) is 26.2 Å². The largest absolute Gasteiger partial charge is 0.369 e. The first-order valence-corrected chi connectivity index (χ1v) is 5.68. The molecule has 0 radical (unpaired) electrons. The van der Waals surface area contributed by atoms with Crippen LogP contribution in [-0.4, -0.2) is 41.6 Å². The van der Waals surface area contributed by atoms with Gasteiger partial charge >= 0.3 is 0 Å². The van der Waals surface area contributed by atoms with E-state index in [4.69, 9.17) is 18.0 Å². The second kappa shape index (κ2) is 6.80. The minimum Gasteiger partial charge on any atom is -0.369 e. The Kier molecular flexibility index (Phi) is 5.35. The summed E-state index contributed by atoms with van der Waals surface area (Å²) in [4.78, 5) is 9.70. The zero-order chi connectivity index (χ0) is 12.7. The second-order valence-electron chi connectivity index (χ2n) is 3.70. The molecule has 6 heteroatoms. The fourth-order valence-electron chi connectivity index (χ4n) is 1.11. The molecule has 0 amide bonds. The predicted octanol–water partition coefficient (Wildman–Crippen LogP) is 0.375. The number of thiocarbonyl (C=S) groups is 1. The summed E-state index contributed by atoms with van der Waals surface area (Å²) in [6.07, 6.45) is 4.42. The second-order valence-corrected chi connectivity index (χ2v) is 4.09. The van der Waals surface area contributed by atoms with Crippen molar-refractivity contribution in [3.8, 4) is 0 Å². The van der Waals surface area contributed by atoms with Crippen LogP contribution in [0.5, 0.6) is 0 Å². The first-order valence-electron chi connectivity index (χ1n) is 5.28. The van der Waals surface area contributed by atoms with Crippen molar-refractivity contribution in [2.75, 3.05) is 20.6 Å². The lowest BCUT2D eigenvalue weighted by molar-refractivity contribution is 0.615. The number of pyridine rings is 1. The molecule has 0 fully saturated rings. The van der Waals surface area contributed by atoms with Crippen LogP contribution in [0, 0.1) is 0 Å². The maximum absolute atomic E-state index is 5.64. The van der Waals surface area contributed by atoms with Gasteiger partial charge in [-0.05, 0) is 36.3 Å². The molecule has 0 aromatic carbocycles. The van der Waals surface area contributed by atoms with Gasteiger partial charge < -0.3 is 16.0 Å². The molecule has 1 heterocycles. The molecule has 0 atom stereocenters. The molecule has 17 heavy (non-hydrogen) atoms. The van der Waals surface area contributed by atoms with Crippen LogP contribution in [0.2, 0.25) is 0 Å². The molecule has 0 unspecified atom stereocenters. The first kappa shape index (κ1) is 13.4. The summed E-state index contributed by atoms with van der Waals surface area (Å²) in [7, 11) is 3.64. The zero-order valence-electron chi connectivity index (χ0n) is 10.1. The summed E-state index contributed by atoms with van der Waals surface area (Å²) in [5.74, 6) is 0.395. The van der Waals surface area contributed by atoms with Gasteiger partial charge in [0.05, 0.1) is 0 Å². The van der Waals surface area contributed by atoms with Crippen molar-refractivity contribution in [1.29, 1.82) is 0 Å². The number of rotatable bonds is 3. The van der Waals surface area contributed by atoms with E-state index in [1.54, 1.807) is 17.3 Å². The number of nitrogens with two attached hydrogens (primary N) is 1. The molecule has 1 aromatic heterocycles. The SMILES string of the molecule is CN(C)/C(N)=N/C(=S)NCCc1ccncc1. The van der Waals surface area contributed by atoms with E-state index in [-0.39, 0.29) is 0 Å². The third-order valence-corrected chi connectivity index (χ3v) is 2.35. The van der Waals surface area contributed by atoms with Crippen molar-refractivity contribution in [2.24, 2.45) is 10.7 Å². The topological polar surface area (TPSA) is 66.5 Å². The fraction of sp³-hybridized carbons (Fsp3) is 0.364. The van der Waals surface area contributed by atoms with Gasteiger partial charge in [-0.25, -0.2) is 0 Å². The van der Waals surface area contributed by atoms with Gasteiger partial charge in [0, 0.05) is 33.0 Å². The predicted molar refractivity (Wildman–Crippen MR) is 73.9 cm³/mol. The molecule has 0 bridgehead atoms. The Morgan fingerprint density at radius 1 is 1.47 bits per heavy atom. The average molecular weight is 251 g/mol. The molecule has 0 spiro atoms.